The molecule has 1 N–H and O–H groups in total. The Hall–Kier alpha value is -2.69. The minimum atomic E-state index is -0.410. The molecule has 0 aliphatic heterocycles. The van der Waals surface area contributed by atoms with Gasteiger partial charge in [-0.2, -0.15) is 0 Å². The number of carbonyl (C=O) groups is 1. The molecule has 3 rings (SSSR count). The van der Waals surface area contributed by atoms with Crippen LogP contribution < -0.4 is 5.32 Å². The van der Waals surface area contributed by atoms with Crippen molar-refractivity contribution in [1.82, 2.24) is 5.32 Å². The molecular weight excluding hydrogens is 316 g/mol. The summed E-state index contributed by atoms with van der Waals surface area (Å²) in [7, 11) is 0. The predicted molar refractivity (Wildman–Crippen MR) is 96.3 cm³/mol. The fourth-order valence-corrected chi connectivity index (χ4v) is 3.16. The van der Waals surface area contributed by atoms with E-state index in [0.717, 1.165) is 5.56 Å². The second-order valence-electron chi connectivity index (χ2n) is 6.58. The van der Waals surface area contributed by atoms with Crippen molar-refractivity contribution >= 4 is 11.6 Å². The van der Waals surface area contributed by atoms with Gasteiger partial charge >= 0.3 is 0 Å². The number of hydrogen-bond donors (Lipinski definition) is 1. The summed E-state index contributed by atoms with van der Waals surface area (Å²) in [6.07, 6.45) is 3.60. The first kappa shape index (κ1) is 17.1. The van der Waals surface area contributed by atoms with Crippen LogP contribution in [0.4, 0.5) is 5.69 Å². The lowest BCUT2D eigenvalue weighted by Crippen LogP contribution is -2.27. The van der Waals surface area contributed by atoms with E-state index in [1.165, 1.54) is 30.5 Å². The number of rotatable bonds is 8. The van der Waals surface area contributed by atoms with Crippen LogP contribution in [0.1, 0.15) is 36.3 Å². The first-order chi connectivity index (χ1) is 12.1. The average Bonchev–Trinajstić information content (AvgIpc) is 3.46. The van der Waals surface area contributed by atoms with Gasteiger partial charge in [-0.05, 0) is 42.2 Å². The van der Waals surface area contributed by atoms with Crippen LogP contribution in [0.25, 0.3) is 0 Å². The van der Waals surface area contributed by atoms with Gasteiger partial charge in [-0.1, -0.05) is 42.5 Å². The minimum Gasteiger partial charge on any atom is -0.356 e. The molecule has 0 spiro atoms. The number of amides is 1. The molecular formula is C20H22N2O3. The number of non-ortho nitro benzene ring substituents is 1. The van der Waals surface area contributed by atoms with Crippen molar-refractivity contribution in [3.05, 3.63) is 75.8 Å². The predicted octanol–water partition coefficient (Wildman–Crippen LogP) is 3.84. The maximum absolute atomic E-state index is 12.3. The van der Waals surface area contributed by atoms with Crippen molar-refractivity contribution in [3.8, 4) is 0 Å². The van der Waals surface area contributed by atoms with Crippen LogP contribution in [-0.4, -0.2) is 17.4 Å². The molecule has 2 aromatic rings. The van der Waals surface area contributed by atoms with Crippen LogP contribution in [0.15, 0.2) is 54.6 Å². The molecule has 5 heteroatoms. The summed E-state index contributed by atoms with van der Waals surface area (Å²) in [4.78, 5) is 22.5. The Morgan fingerprint density at radius 3 is 2.40 bits per heavy atom. The second-order valence-corrected chi connectivity index (χ2v) is 6.58. The molecule has 0 saturated heterocycles. The second kappa shape index (κ2) is 7.92. The Balaban J connectivity index is 1.48. The highest BCUT2D eigenvalue weighted by Gasteiger charge is 2.33. The summed E-state index contributed by atoms with van der Waals surface area (Å²) in [5.74, 6) is 1.01. The van der Waals surface area contributed by atoms with Gasteiger partial charge in [0.15, 0.2) is 0 Å². The molecule has 1 aliphatic rings. The van der Waals surface area contributed by atoms with Crippen LogP contribution in [-0.2, 0) is 11.2 Å². The van der Waals surface area contributed by atoms with E-state index in [2.05, 4.69) is 17.4 Å². The van der Waals surface area contributed by atoms with Gasteiger partial charge in [0.25, 0.3) is 5.69 Å². The zero-order valence-corrected chi connectivity index (χ0v) is 14.1. The van der Waals surface area contributed by atoms with Crippen LogP contribution in [0, 0.1) is 16.0 Å². The third-order valence-corrected chi connectivity index (χ3v) is 4.71. The van der Waals surface area contributed by atoms with Crippen molar-refractivity contribution in [3.63, 3.8) is 0 Å². The Bertz CT molecular complexity index is 724. The Labute approximate surface area is 147 Å². The van der Waals surface area contributed by atoms with Crippen molar-refractivity contribution in [2.45, 2.75) is 31.6 Å². The van der Waals surface area contributed by atoms with Gasteiger partial charge < -0.3 is 5.32 Å². The zero-order chi connectivity index (χ0) is 17.6. The Morgan fingerprint density at radius 1 is 1.12 bits per heavy atom. The lowest BCUT2D eigenvalue weighted by molar-refractivity contribution is -0.384. The first-order valence-electron chi connectivity index (χ1n) is 8.68. The van der Waals surface area contributed by atoms with Gasteiger partial charge in [-0.15, -0.1) is 0 Å². The van der Waals surface area contributed by atoms with Gasteiger partial charge in [-0.3, -0.25) is 14.9 Å². The maximum atomic E-state index is 12.3. The van der Waals surface area contributed by atoms with E-state index < -0.39 is 4.92 Å². The number of carbonyl (C=O) groups excluding carboxylic acids is 1. The van der Waals surface area contributed by atoms with Crippen molar-refractivity contribution in [2.24, 2.45) is 5.92 Å². The summed E-state index contributed by atoms with van der Waals surface area (Å²) >= 11 is 0. The number of nitrogens with one attached hydrogen (secondary N) is 1. The Kier molecular flexibility index (Phi) is 5.43. The smallest absolute Gasteiger partial charge is 0.269 e. The lowest BCUT2D eigenvalue weighted by atomic mass is 9.91. The molecule has 1 atom stereocenters. The molecule has 1 amide bonds. The summed E-state index contributed by atoms with van der Waals surface area (Å²) in [6.45, 7) is 0.544. The molecule has 130 valence electrons. The fourth-order valence-electron chi connectivity index (χ4n) is 3.16. The van der Waals surface area contributed by atoms with E-state index in [9.17, 15) is 14.9 Å². The highest BCUT2D eigenvalue weighted by Crippen LogP contribution is 2.44. The molecule has 0 radical (unpaired) electrons. The summed E-state index contributed by atoms with van der Waals surface area (Å²) < 4.78 is 0. The maximum Gasteiger partial charge on any atom is 0.269 e. The van der Waals surface area contributed by atoms with E-state index in [4.69, 9.17) is 0 Å². The third kappa shape index (κ3) is 4.89. The molecule has 0 aromatic heterocycles. The van der Waals surface area contributed by atoms with Crippen molar-refractivity contribution < 1.29 is 9.72 Å². The number of nitro groups is 1. The van der Waals surface area contributed by atoms with E-state index in [0.29, 0.717) is 31.2 Å². The number of nitro benzene ring substituents is 1. The molecule has 1 aliphatic carbocycles. The molecule has 0 bridgehead atoms. The van der Waals surface area contributed by atoms with Gasteiger partial charge in [0.1, 0.15) is 0 Å². The quantitative estimate of drug-likeness (QED) is 0.587. The van der Waals surface area contributed by atoms with E-state index in [-0.39, 0.29) is 11.6 Å². The van der Waals surface area contributed by atoms with Crippen molar-refractivity contribution in [2.75, 3.05) is 6.54 Å². The molecule has 2 aromatic carbocycles. The SMILES string of the molecule is O=C(CC(c1ccccc1)C1CC1)NCCc1ccc([N+](=O)[O-])cc1. The van der Waals surface area contributed by atoms with Gasteiger partial charge in [-0.25, -0.2) is 0 Å². The number of nitrogens with zero attached hydrogens (tertiary/aromatic N) is 1. The first-order valence-corrected chi connectivity index (χ1v) is 8.68. The summed E-state index contributed by atoms with van der Waals surface area (Å²) in [5, 5.41) is 13.6. The van der Waals surface area contributed by atoms with E-state index >= 15 is 0 Å². The normalized spacial score (nSPS) is 14.7. The molecule has 1 saturated carbocycles. The zero-order valence-electron chi connectivity index (χ0n) is 14.1. The number of hydrogen-bond acceptors (Lipinski definition) is 3. The van der Waals surface area contributed by atoms with E-state index in [1.807, 2.05) is 18.2 Å². The Morgan fingerprint density at radius 2 is 1.80 bits per heavy atom. The van der Waals surface area contributed by atoms with Crippen LogP contribution in [0.3, 0.4) is 0 Å². The number of benzene rings is 2. The lowest BCUT2D eigenvalue weighted by Gasteiger charge is -2.16. The molecule has 25 heavy (non-hydrogen) atoms. The highest BCUT2D eigenvalue weighted by atomic mass is 16.6. The monoisotopic (exact) mass is 338 g/mol. The molecule has 0 heterocycles. The molecule has 5 nitrogen and oxygen atoms in total. The van der Waals surface area contributed by atoms with Gasteiger partial charge in [0.05, 0.1) is 4.92 Å². The van der Waals surface area contributed by atoms with Gasteiger partial charge in [0, 0.05) is 25.1 Å². The highest BCUT2D eigenvalue weighted by molar-refractivity contribution is 5.77. The topological polar surface area (TPSA) is 72.2 Å². The average molecular weight is 338 g/mol. The summed E-state index contributed by atoms with van der Waals surface area (Å²) in [5.41, 5.74) is 2.31. The van der Waals surface area contributed by atoms with Crippen LogP contribution in [0.2, 0.25) is 0 Å². The van der Waals surface area contributed by atoms with Gasteiger partial charge in [0.2, 0.25) is 5.91 Å². The third-order valence-electron chi connectivity index (χ3n) is 4.71. The largest absolute Gasteiger partial charge is 0.356 e. The standard InChI is InChI=1S/C20H22N2O3/c23-20(14-19(17-8-9-17)16-4-2-1-3-5-16)21-13-12-15-6-10-18(11-7-15)22(24)25/h1-7,10-11,17,19H,8-9,12-14H2,(H,21,23). The summed E-state index contributed by atoms with van der Waals surface area (Å²) in [6, 6.07) is 16.7. The fraction of sp³-hybridized carbons (Fsp3) is 0.350. The van der Waals surface area contributed by atoms with Crippen molar-refractivity contribution in [1.29, 1.82) is 0 Å². The minimum absolute atomic E-state index is 0.0719. The van der Waals surface area contributed by atoms with E-state index in [1.54, 1.807) is 12.1 Å². The molecule has 1 unspecified atom stereocenters. The molecule has 1 fully saturated rings. The van der Waals surface area contributed by atoms with Crippen LogP contribution >= 0.6 is 0 Å². The van der Waals surface area contributed by atoms with Crippen LogP contribution in [0.5, 0.6) is 0 Å².